The predicted molar refractivity (Wildman–Crippen MR) is 90.9 cm³/mol. The van der Waals surface area contributed by atoms with Gasteiger partial charge in [0.1, 0.15) is 5.75 Å². The van der Waals surface area contributed by atoms with Gasteiger partial charge < -0.3 is 10.1 Å². The van der Waals surface area contributed by atoms with Crippen molar-refractivity contribution in [3.05, 3.63) is 29.8 Å². The SMILES string of the molecule is CCCC(NCC)C(CC)N(C)Cc1ccccc1OC. The molecule has 120 valence electrons. The highest BCUT2D eigenvalue weighted by atomic mass is 16.5. The number of nitrogens with zero attached hydrogens (tertiary/aromatic N) is 1. The van der Waals surface area contributed by atoms with E-state index in [0.717, 1.165) is 25.3 Å². The minimum atomic E-state index is 0.551. The first-order chi connectivity index (χ1) is 10.2. The summed E-state index contributed by atoms with van der Waals surface area (Å²) in [6.07, 6.45) is 3.60. The van der Waals surface area contributed by atoms with Gasteiger partial charge in [0.05, 0.1) is 7.11 Å². The van der Waals surface area contributed by atoms with Crippen molar-refractivity contribution in [1.82, 2.24) is 10.2 Å². The van der Waals surface area contributed by atoms with Crippen molar-refractivity contribution < 1.29 is 4.74 Å². The third-order valence-corrected chi connectivity index (χ3v) is 4.13. The van der Waals surface area contributed by atoms with Crippen molar-refractivity contribution in [2.45, 2.75) is 58.7 Å². The fourth-order valence-corrected chi connectivity index (χ4v) is 3.13. The van der Waals surface area contributed by atoms with E-state index in [4.69, 9.17) is 4.74 Å². The molecule has 0 aliphatic heterocycles. The van der Waals surface area contributed by atoms with E-state index in [9.17, 15) is 0 Å². The first-order valence-corrected chi connectivity index (χ1v) is 8.23. The van der Waals surface area contributed by atoms with Crippen LogP contribution in [0.5, 0.6) is 5.75 Å². The molecule has 0 spiro atoms. The molecule has 1 N–H and O–H groups in total. The van der Waals surface area contributed by atoms with Gasteiger partial charge in [0.2, 0.25) is 0 Å². The number of benzene rings is 1. The van der Waals surface area contributed by atoms with Crippen LogP contribution in [0.2, 0.25) is 0 Å². The van der Waals surface area contributed by atoms with Crippen molar-refractivity contribution in [1.29, 1.82) is 0 Å². The Kier molecular flexibility index (Phi) is 8.40. The second-order valence-electron chi connectivity index (χ2n) is 5.66. The summed E-state index contributed by atoms with van der Waals surface area (Å²) in [5, 5.41) is 3.66. The molecule has 0 fully saturated rings. The summed E-state index contributed by atoms with van der Waals surface area (Å²) in [4.78, 5) is 2.46. The number of para-hydroxylation sites is 1. The lowest BCUT2D eigenvalue weighted by molar-refractivity contribution is 0.171. The van der Waals surface area contributed by atoms with E-state index in [1.165, 1.54) is 18.4 Å². The van der Waals surface area contributed by atoms with Gasteiger partial charge in [-0.2, -0.15) is 0 Å². The molecule has 2 atom stereocenters. The van der Waals surface area contributed by atoms with Crippen LogP contribution in [0.1, 0.15) is 45.6 Å². The van der Waals surface area contributed by atoms with Crippen LogP contribution in [0.15, 0.2) is 24.3 Å². The summed E-state index contributed by atoms with van der Waals surface area (Å²) >= 11 is 0. The lowest BCUT2D eigenvalue weighted by atomic mass is 9.98. The number of hydrogen-bond acceptors (Lipinski definition) is 3. The maximum absolute atomic E-state index is 5.47. The van der Waals surface area contributed by atoms with Crippen LogP contribution < -0.4 is 10.1 Å². The summed E-state index contributed by atoms with van der Waals surface area (Å²) < 4.78 is 5.47. The molecule has 1 aromatic carbocycles. The number of methoxy groups -OCH3 is 1. The van der Waals surface area contributed by atoms with Crippen LogP contribution >= 0.6 is 0 Å². The Hall–Kier alpha value is -1.06. The van der Waals surface area contributed by atoms with Crippen LogP contribution in [-0.2, 0) is 6.54 Å². The highest BCUT2D eigenvalue weighted by molar-refractivity contribution is 5.33. The van der Waals surface area contributed by atoms with Crippen LogP contribution in [0, 0.1) is 0 Å². The molecule has 0 heterocycles. The predicted octanol–water partition coefficient (Wildman–Crippen LogP) is 3.68. The van der Waals surface area contributed by atoms with Crippen molar-refractivity contribution in [3.8, 4) is 5.75 Å². The quantitative estimate of drug-likeness (QED) is 0.712. The van der Waals surface area contributed by atoms with E-state index in [-0.39, 0.29) is 0 Å². The monoisotopic (exact) mass is 292 g/mol. The summed E-state index contributed by atoms with van der Waals surface area (Å²) in [5.74, 6) is 0.981. The largest absolute Gasteiger partial charge is 0.496 e. The molecule has 0 aliphatic carbocycles. The minimum absolute atomic E-state index is 0.551. The Balaban J connectivity index is 2.79. The van der Waals surface area contributed by atoms with Gasteiger partial charge in [-0.3, -0.25) is 4.90 Å². The molecule has 0 aromatic heterocycles. The molecule has 1 rings (SSSR count). The van der Waals surface area contributed by atoms with E-state index < -0.39 is 0 Å². The number of hydrogen-bond donors (Lipinski definition) is 1. The zero-order valence-electron chi connectivity index (χ0n) is 14.4. The van der Waals surface area contributed by atoms with Crippen molar-refractivity contribution >= 4 is 0 Å². The maximum atomic E-state index is 5.47. The fourth-order valence-electron chi connectivity index (χ4n) is 3.13. The molecule has 0 aliphatic rings. The highest BCUT2D eigenvalue weighted by Gasteiger charge is 2.23. The molecule has 0 radical (unpaired) electrons. The van der Waals surface area contributed by atoms with Gasteiger partial charge in [-0.25, -0.2) is 0 Å². The molecule has 0 saturated heterocycles. The van der Waals surface area contributed by atoms with Crippen LogP contribution in [-0.4, -0.2) is 37.7 Å². The van der Waals surface area contributed by atoms with Crippen molar-refractivity contribution in [2.24, 2.45) is 0 Å². The average Bonchev–Trinajstić information content (AvgIpc) is 2.49. The van der Waals surface area contributed by atoms with E-state index >= 15 is 0 Å². The Bertz CT molecular complexity index is 389. The van der Waals surface area contributed by atoms with Crippen LogP contribution in [0.3, 0.4) is 0 Å². The second-order valence-corrected chi connectivity index (χ2v) is 5.66. The van der Waals surface area contributed by atoms with Gasteiger partial charge in [-0.15, -0.1) is 0 Å². The summed E-state index contributed by atoms with van der Waals surface area (Å²) in [7, 11) is 3.97. The maximum Gasteiger partial charge on any atom is 0.123 e. The number of nitrogens with one attached hydrogen (secondary N) is 1. The summed E-state index contributed by atoms with van der Waals surface area (Å²) in [6, 6.07) is 9.42. The number of rotatable bonds is 10. The zero-order chi connectivity index (χ0) is 15.7. The molecule has 3 heteroatoms. The van der Waals surface area contributed by atoms with Gasteiger partial charge in [0.25, 0.3) is 0 Å². The summed E-state index contributed by atoms with van der Waals surface area (Å²) in [6.45, 7) is 8.69. The van der Waals surface area contributed by atoms with E-state index in [2.05, 4.69) is 50.2 Å². The van der Waals surface area contributed by atoms with Gasteiger partial charge in [0, 0.05) is 24.2 Å². The molecule has 3 nitrogen and oxygen atoms in total. The first-order valence-electron chi connectivity index (χ1n) is 8.23. The molecule has 0 amide bonds. The Morgan fingerprint density at radius 3 is 2.48 bits per heavy atom. The Morgan fingerprint density at radius 2 is 1.90 bits per heavy atom. The van der Waals surface area contributed by atoms with Gasteiger partial charge in [-0.1, -0.05) is 45.4 Å². The molecular weight excluding hydrogens is 260 g/mol. The topological polar surface area (TPSA) is 24.5 Å². The summed E-state index contributed by atoms with van der Waals surface area (Å²) in [5.41, 5.74) is 1.26. The third-order valence-electron chi connectivity index (χ3n) is 4.13. The zero-order valence-corrected chi connectivity index (χ0v) is 14.4. The number of ether oxygens (including phenoxy) is 1. The molecule has 21 heavy (non-hydrogen) atoms. The first kappa shape index (κ1) is 18.0. The van der Waals surface area contributed by atoms with E-state index in [1.807, 2.05) is 12.1 Å². The molecular formula is C18H32N2O. The third kappa shape index (κ3) is 5.33. The number of likely N-dealkylation sites (N-methyl/N-ethyl adjacent to an activating group) is 2. The normalized spacial score (nSPS) is 14.2. The Labute approximate surface area is 130 Å². The van der Waals surface area contributed by atoms with Crippen LogP contribution in [0.25, 0.3) is 0 Å². The lowest BCUT2D eigenvalue weighted by Crippen LogP contribution is -2.48. The Morgan fingerprint density at radius 1 is 1.19 bits per heavy atom. The van der Waals surface area contributed by atoms with Gasteiger partial charge in [-0.05, 0) is 32.5 Å². The highest BCUT2D eigenvalue weighted by Crippen LogP contribution is 2.21. The fraction of sp³-hybridized carbons (Fsp3) is 0.667. The van der Waals surface area contributed by atoms with E-state index in [1.54, 1.807) is 7.11 Å². The van der Waals surface area contributed by atoms with E-state index in [0.29, 0.717) is 12.1 Å². The standard InChI is InChI=1S/C18H32N2O/c1-6-11-16(19-8-3)17(7-2)20(4)14-15-12-9-10-13-18(15)21-5/h9-10,12-13,16-17,19H,6-8,11,14H2,1-5H3. The molecule has 2 unspecified atom stereocenters. The minimum Gasteiger partial charge on any atom is -0.496 e. The lowest BCUT2D eigenvalue weighted by Gasteiger charge is -2.35. The molecule has 0 saturated carbocycles. The van der Waals surface area contributed by atoms with Crippen molar-refractivity contribution in [3.63, 3.8) is 0 Å². The second kappa shape index (κ2) is 9.80. The van der Waals surface area contributed by atoms with Crippen molar-refractivity contribution in [2.75, 3.05) is 20.7 Å². The smallest absolute Gasteiger partial charge is 0.123 e. The molecule has 1 aromatic rings. The van der Waals surface area contributed by atoms with Gasteiger partial charge in [0.15, 0.2) is 0 Å². The van der Waals surface area contributed by atoms with Gasteiger partial charge >= 0.3 is 0 Å². The average molecular weight is 292 g/mol. The van der Waals surface area contributed by atoms with Crippen LogP contribution in [0.4, 0.5) is 0 Å². The molecule has 0 bridgehead atoms.